The third kappa shape index (κ3) is 1.40. The van der Waals surface area contributed by atoms with Gasteiger partial charge in [-0.2, -0.15) is 0 Å². The van der Waals surface area contributed by atoms with E-state index in [-0.39, 0.29) is 5.78 Å². The molecule has 0 aromatic heterocycles. The molecule has 22 heavy (non-hydrogen) atoms. The molecule has 2 aliphatic carbocycles. The van der Waals surface area contributed by atoms with Crippen LogP contribution in [0.5, 0.6) is 0 Å². The van der Waals surface area contributed by atoms with E-state index < -0.39 is 11.2 Å². The Bertz CT molecular complexity index is 757. The summed E-state index contributed by atoms with van der Waals surface area (Å²) in [6.45, 7) is 0. The van der Waals surface area contributed by atoms with E-state index in [1.54, 1.807) is 14.2 Å². The Hall–Kier alpha value is -1.97. The van der Waals surface area contributed by atoms with E-state index in [9.17, 15) is 4.79 Å². The van der Waals surface area contributed by atoms with Gasteiger partial charge in [0.2, 0.25) is 5.79 Å². The van der Waals surface area contributed by atoms with Crippen LogP contribution < -0.4 is 0 Å². The number of benzene rings is 2. The highest BCUT2D eigenvalue weighted by atomic mass is 16.7. The minimum Gasteiger partial charge on any atom is -0.348 e. The van der Waals surface area contributed by atoms with Crippen LogP contribution in [0.1, 0.15) is 27.0 Å². The van der Waals surface area contributed by atoms with Crippen LogP contribution in [0.15, 0.2) is 48.5 Å². The number of hydrogen-bond donors (Lipinski definition) is 0. The van der Waals surface area contributed by atoms with Gasteiger partial charge < -0.3 is 9.47 Å². The highest BCUT2D eigenvalue weighted by Gasteiger charge is 2.65. The van der Waals surface area contributed by atoms with Gasteiger partial charge in [0.15, 0.2) is 5.78 Å². The third-order valence-corrected chi connectivity index (χ3v) is 5.26. The van der Waals surface area contributed by atoms with Crippen LogP contribution in [0.25, 0.3) is 0 Å². The van der Waals surface area contributed by atoms with Gasteiger partial charge in [-0.25, -0.2) is 0 Å². The molecule has 0 saturated heterocycles. The number of methoxy groups -OCH3 is 2. The Morgan fingerprint density at radius 3 is 2.14 bits per heavy atom. The van der Waals surface area contributed by atoms with Crippen molar-refractivity contribution in [2.75, 3.05) is 14.2 Å². The Labute approximate surface area is 129 Å². The summed E-state index contributed by atoms with van der Waals surface area (Å²) >= 11 is 0. The Morgan fingerprint density at radius 2 is 1.45 bits per heavy atom. The lowest BCUT2D eigenvalue weighted by atomic mass is 9.75. The van der Waals surface area contributed by atoms with E-state index in [1.807, 2.05) is 42.5 Å². The molecule has 0 N–H and O–H groups in total. The van der Waals surface area contributed by atoms with Crippen LogP contribution in [0.2, 0.25) is 0 Å². The molecule has 3 nitrogen and oxygen atoms in total. The standard InChI is InChI=1S/C19H18O3/c1-21-19(22-2)16-10-6-4-8-14(16)12-18(19)11-13-7-3-5-9-15(13)17(18)20/h3-10H,11-12H2,1-2H3. The maximum atomic E-state index is 13.3. The van der Waals surface area contributed by atoms with Gasteiger partial charge in [-0.1, -0.05) is 48.5 Å². The topological polar surface area (TPSA) is 35.5 Å². The maximum absolute atomic E-state index is 13.3. The Balaban J connectivity index is 1.96. The Morgan fingerprint density at radius 1 is 0.864 bits per heavy atom. The first-order chi connectivity index (χ1) is 10.7. The highest BCUT2D eigenvalue weighted by Crippen LogP contribution is 2.58. The summed E-state index contributed by atoms with van der Waals surface area (Å²) in [6, 6.07) is 15.9. The molecule has 2 aliphatic rings. The number of carbonyl (C=O) groups excluding carboxylic acids is 1. The van der Waals surface area contributed by atoms with Gasteiger partial charge in [-0.15, -0.1) is 0 Å². The van der Waals surface area contributed by atoms with Crippen LogP contribution in [0, 0.1) is 5.41 Å². The second kappa shape index (κ2) is 4.51. The van der Waals surface area contributed by atoms with E-state index >= 15 is 0 Å². The normalized spacial score (nSPS) is 24.5. The van der Waals surface area contributed by atoms with E-state index in [2.05, 4.69) is 6.07 Å². The second-order valence-electron chi connectivity index (χ2n) is 6.10. The molecule has 112 valence electrons. The predicted octanol–water partition coefficient (Wildman–Crippen LogP) is 3.11. The summed E-state index contributed by atoms with van der Waals surface area (Å²) in [5, 5.41) is 0. The van der Waals surface area contributed by atoms with Gasteiger partial charge >= 0.3 is 0 Å². The number of ketones is 1. The number of carbonyl (C=O) groups is 1. The molecule has 2 aromatic carbocycles. The summed E-state index contributed by atoms with van der Waals surface area (Å²) in [5.41, 5.74) is 3.28. The third-order valence-electron chi connectivity index (χ3n) is 5.26. The number of Topliss-reactive ketones (excluding diaryl/α,β-unsaturated/α-hetero) is 1. The fraction of sp³-hybridized carbons (Fsp3) is 0.316. The first kappa shape index (κ1) is 13.7. The summed E-state index contributed by atoms with van der Waals surface area (Å²) in [4.78, 5) is 13.3. The predicted molar refractivity (Wildman–Crippen MR) is 82.8 cm³/mol. The molecule has 4 rings (SSSR count). The monoisotopic (exact) mass is 294 g/mol. The number of hydrogen-bond acceptors (Lipinski definition) is 3. The molecule has 0 radical (unpaired) electrons. The maximum Gasteiger partial charge on any atom is 0.208 e. The summed E-state index contributed by atoms with van der Waals surface area (Å²) in [7, 11) is 3.26. The van der Waals surface area contributed by atoms with E-state index in [4.69, 9.17) is 9.47 Å². The van der Waals surface area contributed by atoms with Crippen molar-refractivity contribution in [3.05, 3.63) is 70.8 Å². The lowest BCUT2D eigenvalue weighted by Gasteiger charge is -2.40. The highest BCUT2D eigenvalue weighted by molar-refractivity contribution is 6.06. The first-order valence-corrected chi connectivity index (χ1v) is 7.50. The van der Waals surface area contributed by atoms with Crippen LogP contribution in [0.4, 0.5) is 0 Å². The van der Waals surface area contributed by atoms with Crippen LogP contribution in [-0.4, -0.2) is 20.0 Å². The fourth-order valence-electron chi connectivity index (χ4n) is 4.36. The molecule has 1 unspecified atom stereocenters. The lowest BCUT2D eigenvalue weighted by Crippen LogP contribution is -2.50. The van der Waals surface area contributed by atoms with Crippen molar-refractivity contribution in [3.63, 3.8) is 0 Å². The Kier molecular flexibility index (Phi) is 2.80. The number of rotatable bonds is 2. The molecule has 0 saturated carbocycles. The van der Waals surface area contributed by atoms with Crippen molar-refractivity contribution >= 4 is 5.78 Å². The largest absolute Gasteiger partial charge is 0.348 e. The average Bonchev–Trinajstić information content (AvgIpc) is 3.00. The number of ether oxygens (including phenoxy) is 2. The zero-order chi connectivity index (χ0) is 15.4. The minimum atomic E-state index is -1.01. The first-order valence-electron chi connectivity index (χ1n) is 7.50. The summed E-state index contributed by atoms with van der Waals surface area (Å²) in [6.07, 6.45) is 1.30. The fourth-order valence-corrected chi connectivity index (χ4v) is 4.36. The van der Waals surface area contributed by atoms with Gasteiger partial charge in [0.25, 0.3) is 0 Å². The molecular weight excluding hydrogens is 276 g/mol. The van der Waals surface area contributed by atoms with Crippen molar-refractivity contribution < 1.29 is 14.3 Å². The zero-order valence-electron chi connectivity index (χ0n) is 12.8. The quantitative estimate of drug-likeness (QED) is 0.798. The molecular formula is C19H18O3. The molecule has 0 heterocycles. The second-order valence-corrected chi connectivity index (χ2v) is 6.10. The van der Waals surface area contributed by atoms with Crippen LogP contribution in [-0.2, 0) is 28.1 Å². The van der Waals surface area contributed by atoms with Crippen molar-refractivity contribution in [2.45, 2.75) is 18.6 Å². The van der Waals surface area contributed by atoms with Gasteiger partial charge in [-0.3, -0.25) is 4.79 Å². The SMILES string of the molecule is COC1(OC)c2ccccc2CC12Cc1ccccc1C2=O. The molecule has 2 aromatic rings. The smallest absolute Gasteiger partial charge is 0.208 e. The zero-order valence-corrected chi connectivity index (χ0v) is 12.8. The molecule has 1 atom stereocenters. The van der Waals surface area contributed by atoms with Crippen LogP contribution in [0.3, 0.4) is 0 Å². The van der Waals surface area contributed by atoms with Crippen molar-refractivity contribution in [1.29, 1.82) is 0 Å². The van der Waals surface area contributed by atoms with Gasteiger partial charge in [0, 0.05) is 25.3 Å². The lowest BCUT2D eigenvalue weighted by molar-refractivity contribution is -0.262. The van der Waals surface area contributed by atoms with Crippen LogP contribution >= 0.6 is 0 Å². The summed E-state index contributed by atoms with van der Waals surface area (Å²) < 4.78 is 11.7. The summed E-state index contributed by atoms with van der Waals surface area (Å²) in [5.74, 6) is -0.886. The van der Waals surface area contributed by atoms with Gasteiger partial charge in [-0.05, 0) is 24.0 Å². The van der Waals surface area contributed by atoms with Gasteiger partial charge in [0.05, 0.1) is 0 Å². The molecule has 0 amide bonds. The molecule has 1 spiro atoms. The molecule has 0 bridgehead atoms. The van der Waals surface area contributed by atoms with Crippen molar-refractivity contribution in [2.24, 2.45) is 5.41 Å². The van der Waals surface area contributed by atoms with Gasteiger partial charge in [0.1, 0.15) is 5.41 Å². The van der Waals surface area contributed by atoms with Crippen molar-refractivity contribution in [1.82, 2.24) is 0 Å². The average molecular weight is 294 g/mol. The number of fused-ring (bicyclic) bond motifs is 2. The minimum absolute atomic E-state index is 0.128. The molecule has 3 heteroatoms. The van der Waals surface area contributed by atoms with E-state index in [0.717, 1.165) is 22.3 Å². The van der Waals surface area contributed by atoms with Crippen molar-refractivity contribution in [3.8, 4) is 0 Å². The molecule has 0 aliphatic heterocycles. The van der Waals surface area contributed by atoms with E-state index in [1.165, 1.54) is 0 Å². The van der Waals surface area contributed by atoms with E-state index in [0.29, 0.717) is 12.8 Å². The molecule has 0 fully saturated rings.